The summed E-state index contributed by atoms with van der Waals surface area (Å²) in [7, 11) is 7.18. The molecule has 21 aliphatic heterocycles. The molecule has 63 nitrogen and oxygen atoms in total. The maximum absolute atomic E-state index is 12.7. The lowest BCUT2D eigenvalue weighted by Gasteiger charge is -2.52. The van der Waals surface area contributed by atoms with Crippen LogP contribution in [0.1, 0.15) is 0 Å². The van der Waals surface area contributed by atoms with Gasteiger partial charge < -0.3 is 168 Å². The van der Waals surface area contributed by atoms with Crippen LogP contribution in [0.4, 0.5) is 0 Å². The van der Waals surface area contributed by atoms with Gasteiger partial charge in [-0.2, -0.15) is 0 Å². The Morgan fingerprint density at radius 3 is 0.413 bits per heavy atom. The van der Waals surface area contributed by atoms with Crippen molar-refractivity contribution in [2.24, 2.45) is 35.8 Å². The molecule has 0 spiro atoms. The molecule has 0 aromatic heterocycles. The first kappa shape index (κ1) is 102. The molecule has 0 saturated carbocycles. The van der Waals surface area contributed by atoms with E-state index < -0.39 is 349 Å². The van der Waals surface area contributed by atoms with Crippen molar-refractivity contribution in [3.8, 4) is 0 Å². The Hall–Kier alpha value is -9.66. The van der Waals surface area contributed by atoms with Crippen molar-refractivity contribution in [2.75, 3.05) is 142 Å². The van der Waals surface area contributed by atoms with E-state index in [2.05, 4.69) is 70.2 Å². The average Bonchev–Trinajstić information content (AvgIpc) is 0.771. The topological polar surface area (TPSA) is 861 Å². The van der Waals surface area contributed by atoms with Crippen molar-refractivity contribution < 1.29 is 202 Å². The molecule has 7 N–H and O–H groups in total. The van der Waals surface area contributed by atoms with Crippen LogP contribution in [0.3, 0.4) is 0 Å². The number of hydrogen-bond acceptors (Lipinski definition) is 42. The maximum Gasteiger partial charge on any atom is 0.329 e. The van der Waals surface area contributed by atoms with Gasteiger partial charge >= 0.3 is 41.8 Å². The third kappa shape index (κ3) is 26.5. The van der Waals surface area contributed by atoms with Gasteiger partial charge in [-0.1, -0.05) is 35.8 Å². The number of ether oxygens (including phenoxy) is 28. The summed E-state index contributed by atoms with van der Waals surface area (Å²) in [6.45, 7) is -14.7. The van der Waals surface area contributed by atoms with Crippen LogP contribution in [0, 0.1) is 0 Å². The summed E-state index contributed by atoms with van der Waals surface area (Å²) in [6.07, 6.45) is -67.6. The Morgan fingerprint density at radius 2 is 0.325 bits per heavy atom. The van der Waals surface area contributed by atoms with Crippen molar-refractivity contribution >= 4 is 41.8 Å². The van der Waals surface area contributed by atoms with Gasteiger partial charge in [0.25, 0.3) is 0 Å². The highest BCUT2D eigenvalue weighted by molar-refractivity contribution is 5.70. The fraction of sp³-hybridized carbons (Fsp3) is 0.889. The summed E-state index contributed by atoms with van der Waals surface area (Å²) in [5.41, 5.74) is 69.7. The molecular weight excluding hydrogens is 1720 g/mol. The Morgan fingerprint density at radius 1 is 0.214 bits per heavy atom. The van der Waals surface area contributed by atoms with Crippen molar-refractivity contribution in [1.29, 1.82) is 0 Å². The van der Waals surface area contributed by atoms with E-state index in [1.54, 1.807) is 0 Å². The number of rotatable bonds is 42. The van der Waals surface area contributed by atoms with Crippen LogP contribution in [0.2, 0.25) is 0 Å². The minimum Gasteiger partial charge on any atom is -0.480 e. The second-order valence-corrected chi connectivity index (χ2v) is 27.5. The van der Waals surface area contributed by atoms with Crippen molar-refractivity contribution in [3.05, 3.63) is 73.1 Å². The molecule has 14 bridgehead atoms. The van der Waals surface area contributed by atoms with Gasteiger partial charge in [-0.05, 0) is 38.7 Å². The average molecular weight is 1810 g/mol. The van der Waals surface area contributed by atoms with Gasteiger partial charge in [0.2, 0.25) is 0 Å². The van der Waals surface area contributed by atoms with Gasteiger partial charge in [0.1, 0.15) is 174 Å². The molecule has 21 heterocycles. The molecule has 21 saturated heterocycles. The Kier molecular flexibility index (Phi) is 41.0. The fourth-order valence-corrected chi connectivity index (χ4v) is 15.3. The van der Waals surface area contributed by atoms with Gasteiger partial charge in [0, 0.05) is 84.2 Å². The van der Waals surface area contributed by atoms with E-state index in [-0.39, 0.29) is 0 Å². The predicted octanol–water partition coefficient (Wildman–Crippen LogP) is -0.664. The van der Waals surface area contributed by atoms with Crippen LogP contribution in [0.15, 0.2) is 35.8 Å². The largest absolute Gasteiger partial charge is 0.480 e. The van der Waals surface area contributed by atoms with E-state index in [1.807, 2.05) is 0 Å². The van der Waals surface area contributed by atoms with Crippen LogP contribution in [0.5, 0.6) is 0 Å². The first-order chi connectivity index (χ1) is 60.7. The molecule has 126 heavy (non-hydrogen) atoms. The van der Waals surface area contributed by atoms with Gasteiger partial charge in [0.15, 0.2) is 44.0 Å². The second-order valence-electron chi connectivity index (χ2n) is 27.5. The van der Waals surface area contributed by atoms with Crippen molar-refractivity contribution in [3.63, 3.8) is 0 Å². The van der Waals surface area contributed by atoms with Crippen LogP contribution in [-0.4, -0.2) is 434 Å². The van der Waals surface area contributed by atoms with Crippen molar-refractivity contribution in [1.82, 2.24) is 0 Å². The highest BCUT2D eigenvalue weighted by Crippen LogP contribution is 2.44. The van der Waals surface area contributed by atoms with Crippen LogP contribution >= 0.6 is 0 Å². The number of aliphatic carboxylic acids is 7. The molecule has 21 rings (SSSR count). The summed E-state index contributed by atoms with van der Waals surface area (Å²) in [5.74, 6) is -11.6. The summed E-state index contributed by atoms with van der Waals surface area (Å²) in [6, 6.07) is 0. The van der Waals surface area contributed by atoms with Crippen LogP contribution in [-0.2, 0) is 166 Å². The quantitative estimate of drug-likeness (QED) is 0.0226. The van der Waals surface area contributed by atoms with Crippen LogP contribution < -0.4 is 0 Å². The summed E-state index contributed by atoms with van der Waals surface area (Å²) in [4.78, 5) is 109. The zero-order chi connectivity index (χ0) is 91.8. The molecular formula is C63H91N21O42. The molecule has 0 aromatic rings. The number of methoxy groups -OCH3 is 7. The third-order valence-corrected chi connectivity index (χ3v) is 20.2. The molecule has 0 radical (unpaired) electrons. The summed E-state index contributed by atoms with van der Waals surface area (Å²) in [5, 5.41) is 97.8. The minimum absolute atomic E-state index is 0.844. The zero-order valence-corrected chi connectivity index (χ0v) is 67.4. The molecule has 700 valence electrons. The van der Waals surface area contributed by atoms with Crippen molar-refractivity contribution in [2.45, 2.75) is 215 Å². The minimum atomic E-state index is -2.13. The van der Waals surface area contributed by atoms with Gasteiger partial charge in [-0.3, -0.25) is 0 Å². The lowest BCUT2D eigenvalue weighted by atomic mass is 9.94. The smallest absolute Gasteiger partial charge is 0.329 e. The molecule has 21 aliphatic rings. The first-order valence-electron chi connectivity index (χ1n) is 37.5. The fourth-order valence-electron chi connectivity index (χ4n) is 15.3. The number of nitrogens with zero attached hydrogens (tertiary/aromatic N) is 21. The Balaban J connectivity index is 1.41. The first-order valence-corrected chi connectivity index (χ1v) is 37.5. The Labute approximate surface area is 707 Å². The predicted molar refractivity (Wildman–Crippen MR) is 390 cm³/mol. The summed E-state index contributed by atoms with van der Waals surface area (Å²) >= 11 is 0. The number of carboxylic acid groups (broad SMARTS) is 7. The zero-order valence-electron chi connectivity index (χ0n) is 67.4. The van der Waals surface area contributed by atoms with Crippen LogP contribution in [0.25, 0.3) is 73.1 Å². The lowest BCUT2D eigenvalue weighted by molar-refractivity contribution is -0.399. The standard InChI is InChI=1S/C63H91N21O42/c1-99-43-36-22(8-71-78-64)113-57(50(43)106-15-29(85)86)121-37-23(9-72-79-65)115-59(52(44(37)100-2)108-17-31(89)90)123-39-25(11-74-81-67)117-61(54(46(39)102-4)110-19-33(93)94)125-41-27(13-76-83-69)119-63(56(48(41)104-6)112-21-35(97)98)126-42-28(14-77-84-70)118-62(55(49(42)105-7)111-20-34(95)96)124-40-26(12-75-82-68)116-60(53(47(40)103-5)109-18-32(91)92)122-38-24(10-73-80-66)114-58(120-36)51(45(38)101-3)107-16-30(87)88/h22-28,36-63H,8-21H2,1-7H3,(H,85,86)(H,87,88)(H,89,90)(H,91,92)(H,93,94)(H,95,96)(H,97,98)/t22-,23-,24-,25-,26-,27-,28-,36-,37-,38-,39-,40-,41-,42-,43-,44-,45-,46+,47+,48+,49+,50-,51-,52-,53-,54-,55-,56-,57-,58-,59-,60-,61-,62-,63-/m1/s1. The number of azide groups is 7. The number of carboxylic acids is 7. The maximum atomic E-state index is 12.7. The monoisotopic (exact) mass is 1810 g/mol. The molecule has 0 aromatic carbocycles. The van der Waals surface area contributed by atoms with E-state index in [9.17, 15) is 108 Å². The highest BCUT2D eigenvalue weighted by atomic mass is 16.8. The van der Waals surface area contributed by atoms with Gasteiger partial charge in [-0.15, -0.1) is 0 Å². The SMILES string of the molecule is CO[C@@H]1[C@@H](OCC(=O)O)[C@H]2O[C@H]3[C@H](OC)[C@@H](OCC(=O)O)[C@@H](O[C@H]4[C@@H](OC)[C@@H](OCC(=O)O)[C@@H](O[C@H]5[C@@H](OC)[C@@H](OCC(=O)O)[C@@H](O[C@H]6[C@@H](OC)[C@@H](OCC(=O)O)[C@@H](O[C@H]7[C@H](OC)[C@@H](OCC(=O)O)[C@@H](O[C@H]8[C@H](OC)[C@@H](OCC(=O)O)[C@@H](O[C@@H]1[C@@H](CN=[N+]=[N-])O2)O[C@@H]8CN=[N+]=[N-])O[C@@H]7CN=[N+]=[N-])O[C@@H]6CN=[N+]=[N-])O[C@@H]5CN=[N+]=[N-])O[C@@H]4CN=[N+]=[N-])O[C@@H]3CN=[N+]=[N-]. The summed E-state index contributed by atoms with van der Waals surface area (Å²) < 4.78 is 177. The van der Waals surface area contributed by atoms with E-state index in [0.717, 1.165) is 49.8 Å². The van der Waals surface area contributed by atoms with E-state index in [4.69, 9.17) is 133 Å². The highest BCUT2D eigenvalue weighted by Gasteiger charge is 2.63. The van der Waals surface area contributed by atoms with E-state index in [1.165, 1.54) is 0 Å². The molecule has 35 atom stereocenters. The molecule has 0 amide bonds. The molecule has 21 fully saturated rings. The second kappa shape index (κ2) is 50.8. The molecule has 0 unspecified atom stereocenters. The Bertz CT molecular complexity index is 3290. The van der Waals surface area contributed by atoms with E-state index in [0.29, 0.717) is 0 Å². The van der Waals surface area contributed by atoms with E-state index >= 15 is 0 Å². The van der Waals surface area contributed by atoms with Gasteiger partial charge in [-0.25, -0.2) is 33.6 Å². The third-order valence-electron chi connectivity index (χ3n) is 20.2. The van der Waals surface area contributed by atoms with Gasteiger partial charge in [0.05, 0.1) is 88.5 Å². The number of hydrogen-bond donors (Lipinski definition) is 7. The lowest BCUT2D eigenvalue weighted by Crippen LogP contribution is -2.69. The molecule has 0 aliphatic carbocycles. The number of carbonyl (C=O) groups is 7. The normalized spacial score (nSPS) is 37.5. The molecule has 63 heteroatoms.